The van der Waals surface area contributed by atoms with Crippen molar-refractivity contribution in [3.8, 4) is 23.0 Å². The first-order valence-corrected chi connectivity index (χ1v) is 8.93. The van der Waals surface area contributed by atoms with E-state index >= 15 is 0 Å². The predicted molar refractivity (Wildman–Crippen MR) is 110 cm³/mol. The number of carbonyl (C=O) groups excluding carboxylic acids is 2. The second kappa shape index (κ2) is 10.9. The fourth-order valence-corrected chi connectivity index (χ4v) is 2.63. The molecule has 1 N–H and O–H groups in total. The number of hydrazone groups is 1. The molecule has 9 nitrogen and oxygen atoms in total. The number of carbonyl (C=O) groups is 2. The highest BCUT2D eigenvalue weighted by molar-refractivity contribution is 6.32. The number of rotatable bonds is 9. The van der Waals surface area contributed by atoms with Gasteiger partial charge in [0.1, 0.15) is 11.5 Å². The molecular weight excluding hydrogens is 416 g/mol. The van der Waals surface area contributed by atoms with Gasteiger partial charge in [-0.05, 0) is 29.8 Å². The summed E-state index contributed by atoms with van der Waals surface area (Å²) in [6, 6.07) is 7.92. The van der Waals surface area contributed by atoms with Crippen molar-refractivity contribution in [3.63, 3.8) is 0 Å². The number of nitrogens with one attached hydrogen (secondary N) is 1. The number of hydrogen-bond acceptors (Lipinski definition) is 8. The second-order valence-corrected chi connectivity index (χ2v) is 6.07. The number of halogens is 1. The smallest absolute Gasteiger partial charge is 0.343 e. The van der Waals surface area contributed by atoms with Crippen LogP contribution in [0.1, 0.15) is 15.9 Å². The Morgan fingerprint density at radius 3 is 2.40 bits per heavy atom. The third kappa shape index (κ3) is 5.77. The minimum atomic E-state index is -0.560. The van der Waals surface area contributed by atoms with E-state index in [2.05, 4.69) is 15.3 Å². The molecule has 2 aromatic rings. The number of ether oxygens (including phenoxy) is 5. The molecule has 1 amide bonds. The van der Waals surface area contributed by atoms with Crippen molar-refractivity contribution in [1.82, 2.24) is 5.43 Å². The molecule has 0 atom stereocenters. The number of methoxy groups -OCH3 is 4. The van der Waals surface area contributed by atoms with Crippen LogP contribution in [0.2, 0.25) is 5.02 Å². The maximum atomic E-state index is 12.4. The van der Waals surface area contributed by atoms with Crippen LogP contribution in [0.25, 0.3) is 0 Å². The molecule has 0 aliphatic heterocycles. The summed E-state index contributed by atoms with van der Waals surface area (Å²) in [7, 11) is 5.64. The van der Waals surface area contributed by atoms with E-state index in [1.54, 1.807) is 30.3 Å². The second-order valence-electron chi connectivity index (χ2n) is 5.66. The maximum Gasteiger partial charge on any atom is 0.343 e. The van der Waals surface area contributed by atoms with Gasteiger partial charge in [-0.3, -0.25) is 4.79 Å². The van der Waals surface area contributed by atoms with Crippen molar-refractivity contribution >= 4 is 29.7 Å². The Labute approximate surface area is 178 Å². The van der Waals surface area contributed by atoms with Crippen LogP contribution in [0, 0.1) is 0 Å². The molecule has 0 bridgehead atoms. The summed E-state index contributed by atoms with van der Waals surface area (Å²) in [5.41, 5.74) is 3.23. The molecule has 0 unspecified atom stereocenters. The lowest BCUT2D eigenvalue weighted by Gasteiger charge is -2.12. The molecule has 0 aliphatic carbocycles. The monoisotopic (exact) mass is 436 g/mol. The number of hydrogen-bond donors (Lipinski definition) is 1. The summed E-state index contributed by atoms with van der Waals surface area (Å²) in [4.78, 5) is 23.6. The average molecular weight is 437 g/mol. The molecule has 0 aliphatic rings. The van der Waals surface area contributed by atoms with E-state index in [0.717, 1.165) is 0 Å². The first kappa shape index (κ1) is 22.8. The van der Waals surface area contributed by atoms with Crippen LogP contribution >= 0.6 is 11.6 Å². The number of benzene rings is 2. The van der Waals surface area contributed by atoms with Gasteiger partial charge in [0.05, 0.1) is 45.2 Å². The molecule has 2 aromatic carbocycles. The fourth-order valence-electron chi connectivity index (χ4n) is 2.36. The first-order chi connectivity index (χ1) is 14.4. The Hall–Kier alpha value is -3.46. The molecular formula is C20H21ClN2O7. The Morgan fingerprint density at radius 1 is 1.03 bits per heavy atom. The van der Waals surface area contributed by atoms with Crippen LogP contribution in [-0.2, 0) is 9.53 Å². The fraction of sp³-hybridized carbons (Fsp3) is 0.250. The molecule has 0 fully saturated rings. The minimum absolute atomic E-state index is 0.189. The predicted octanol–water partition coefficient (Wildman–Crippen LogP) is 2.68. The molecule has 0 radical (unpaired) electrons. The van der Waals surface area contributed by atoms with E-state index in [9.17, 15) is 9.59 Å². The molecule has 10 heteroatoms. The van der Waals surface area contributed by atoms with Crippen molar-refractivity contribution in [2.75, 3.05) is 35.0 Å². The standard InChI is InChI=1S/C20H21ClN2O7/c1-26-13-5-6-14(16(9-13)27-2)20(25)23-22-10-12-7-15(21)19(17(8-12)28-3)30-11-18(24)29-4/h5-10H,11H2,1-4H3,(H,23,25)/b22-10-. The van der Waals surface area contributed by atoms with Crippen molar-refractivity contribution in [2.24, 2.45) is 5.10 Å². The van der Waals surface area contributed by atoms with E-state index in [1.807, 2.05) is 0 Å². The quantitative estimate of drug-likeness (QED) is 0.366. The van der Waals surface area contributed by atoms with E-state index < -0.39 is 11.9 Å². The van der Waals surface area contributed by atoms with Gasteiger partial charge in [-0.1, -0.05) is 11.6 Å². The zero-order valence-corrected chi connectivity index (χ0v) is 17.6. The lowest BCUT2D eigenvalue weighted by Crippen LogP contribution is -2.18. The van der Waals surface area contributed by atoms with Crippen LogP contribution in [0.5, 0.6) is 23.0 Å². The molecule has 0 saturated carbocycles. The van der Waals surface area contributed by atoms with Gasteiger partial charge in [0.15, 0.2) is 18.1 Å². The summed E-state index contributed by atoms with van der Waals surface area (Å²) < 4.78 is 25.4. The Balaban J connectivity index is 2.13. The summed E-state index contributed by atoms with van der Waals surface area (Å²) in [6.07, 6.45) is 1.38. The average Bonchev–Trinajstić information content (AvgIpc) is 2.76. The van der Waals surface area contributed by atoms with Crippen molar-refractivity contribution in [2.45, 2.75) is 0 Å². The zero-order valence-electron chi connectivity index (χ0n) is 16.9. The van der Waals surface area contributed by atoms with Gasteiger partial charge in [-0.2, -0.15) is 5.10 Å². The van der Waals surface area contributed by atoms with Crippen LogP contribution in [0.3, 0.4) is 0 Å². The van der Waals surface area contributed by atoms with Gasteiger partial charge >= 0.3 is 5.97 Å². The topological polar surface area (TPSA) is 105 Å². The molecule has 30 heavy (non-hydrogen) atoms. The lowest BCUT2D eigenvalue weighted by atomic mass is 10.2. The molecule has 0 saturated heterocycles. The normalized spacial score (nSPS) is 10.4. The summed E-state index contributed by atoms with van der Waals surface area (Å²) in [6.45, 7) is -0.320. The van der Waals surface area contributed by atoms with Gasteiger partial charge in [-0.15, -0.1) is 0 Å². The minimum Gasteiger partial charge on any atom is -0.497 e. The van der Waals surface area contributed by atoms with Crippen LogP contribution in [0.15, 0.2) is 35.4 Å². The first-order valence-electron chi connectivity index (χ1n) is 8.56. The van der Waals surface area contributed by atoms with Crippen molar-refractivity contribution < 1.29 is 33.3 Å². The molecule has 0 spiro atoms. The number of esters is 1. The zero-order chi connectivity index (χ0) is 22.1. The molecule has 0 heterocycles. The highest BCUT2D eigenvalue weighted by atomic mass is 35.5. The summed E-state index contributed by atoms with van der Waals surface area (Å²) in [5, 5.41) is 4.13. The highest BCUT2D eigenvalue weighted by Gasteiger charge is 2.15. The summed E-state index contributed by atoms with van der Waals surface area (Å²) in [5.74, 6) is 0.351. The highest BCUT2D eigenvalue weighted by Crippen LogP contribution is 2.36. The van der Waals surface area contributed by atoms with E-state index in [-0.39, 0.29) is 28.7 Å². The largest absolute Gasteiger partial charge is 0.497 e. The van der Waals surface area contributed by atoms with Gasteiger partial charge in [0.2, 0.25) is 0 Å². The Kier molecular flexibility index (Phi) is 8.30. The molecule has 2 rings (SSSR count). The third-order valence-corrected chi connectivity index (χ3v) is 4.13. The van der Waals surface area contributed by atoms with Gasteiger partial charge in [0, 0.05) is 6.07 Å². The number of amides is 1. The summed E-state index contributed by atoms with van der Waals surface area (Å²) >= 11 is 6.21. The van der Waals surface area contributed by atoms with Gasteiger partial charge in [-0.25, -0.2) is 10.2 Å². The Bertz CT molecular complexity index is 947. The van der Waals surface area contributed by atoms with Gasteiger partial charge < -0.3 is 23.7 Å². The van der Waals surface area contributed by atoms with Crippen LogP contribution in [0.4, 0.5) is 0 Å². The SMILES string of the molecule is COC(=O)COc1c(Cl)cc(/C=N\NC(=O)c2ccc(OC)cc2OC)cc1OC. The van der Waals surface area contributed by atoms with E-state index in [1.165, 1.54) is 34.7 Å². The third-order valence-electron chi connectivity index (χ3n) is 3.85. The van der Waals surface area contributed by atoms with Crippen LogP contribution in [-0.4, -0.2) is 53.1 Å². The van der Waals surface area contributed by atoms with E-state index in [4.69, 9.17) is 30.5 Å². The molecule has 0 aromatic heterocycles. The molecule has 160 valence electrons. The number of nitrogens with zero attached hydrogens (tertiary/aromatic N) is 1. The van der Waals surface area contributed by atoms with Crippen molar-refractivity contribution in [3.05, 3.63) is 46.5 Å². The van der Waals surface area contributed by atoms with Gasteiger partial charge in [0.25, 0.3) is 5.91 Å². The van der Waals surface area contributed by atoms with Crippen molar-refractivity contribution in [1.29, 1.82) is 0 Å². The maximum absolute atomic E-state index is 12.4. The van der Waals surface area contributed by atoms with E-state index in [0.29, 0.717) is 17.1 Å². The Morgan fingerprint density at radius 2 is 1.77 bits per heavy atom. The lowest BCUT2D eigenvalue weighted by molar-refractivity contribution is -0.142. The van der Waals surface area contributed by atoms with Crippen LogP contribution < -0.4 is 24.4 Å².